The molecule has 1 rings (SSSR count). The highest BCUT2D eigenvalue weighted by Crippen LogP contribution is 2.32. The predicted molar refractivity (Wildman–Crippen MR) is 57.4 cm³/mol. The second-order valence-electron chi connectivity index (χ2n) is 2.85. The Kier molecular flexibility index (Phi) is 3.42. The van der Waals surface area contributed by atoms with E-state index in [1.54, 1.807) is 0 Å². The van der Waals surface area contributed by atoms with Gasteiger partial charge in [-0.15, -0.1) is 0 Å². The van der Waals surface area contributed by atoms with Gasteiger partial charge < -0.3 is 5.73 Å². The maximum atomic E-state index is 12.4. The number of amides is 1. The summed E-state index contributed by atoms with van der Waals surface area (Å²) in [5.41, 5.74) is 3.45. The van der Waals surface area contributed by atoms with Crippen molar-refractivity contribution < 1.29 is 18.0 Å². The van der Waals surface area contributed by atoms with E-state index < -0.39 is 17.6 Å². The van der Waals surface area contributed by atoms with Crippen molar-refractivity contribution in [2.45, 2.75) is 6.18 Å². The number of nitrogens with two attached hydrogens (primary N) is 1. The highest BCUT2D eigenvalue weighted by Gasteiger charge is 2.32. The molecule has 0 aliphatic rings. The Balaban J connectivity index is 3.52. The molecule has 0 fully saturated rings. The second kappa shape index (κ2) is 4.29. The van der Waals surface area contributed by atoms with Crippen molar-refractivity contribution in [3.8, 4) is 6.07 Å². The van der Waals surface area contributed by atoms with Crippen LogP contribution in [0.2, 0.25) is 0 Å². The molecule has 1 aromatic rings. The first-order chi connectivity index (χ1) is 7.27. The van der Waals surface area contributed by atoms with E-state index in [0.717, 1.165) is 6.07 Å². The van der Waals surface area contributed by atoms with Crippen LogP contribution >= 0.6 is 22.6 Å². The van der Waals surface area contributed by atoms with E-state index in [1.807, 2.05) is 0 Å². The highest BCUT2D eigenvalue weighted by atomic mass is 127. The Labute approximate surface area is 102 Å². The lowest BCUT2D eigenvalue weighted by Crippen LogP contribution is -2.16. The molecule has 0 saturated heterocycles. The number of nitriles is 1. The van der Waals surface area contributed by atoms with Crippen molar-refractivity contribution in [2.75, 3.05) is 0 Å². The van der Waals surface area contributed by atoms with Gasteiger partial charge in [0.2, 0.25) is 0 Å². The molecule has 3 nitrogen and oxygen atoms in total. The van der Waals surface area contributed by atoms with E-state index in [9.17, 15) is 18.0 Å². The average molecular weight is 340 g/mol. The molecule has 0 radical (unpaired) electrons. The van der Waals surface area contributed by atoms with Gasteiger partial charge in [0.05, 0.1) is 16.7 Å². The molecule has 0 aromatic heterocycles. The molecule has 7 heteroatoms. The van der Waals surface area contributed by atoms with Crippen LogP contribution < -0.4 is 5.73 Å². The minimum absolute atomic E-state index is 0.0106. The zero-order valence-corrected chi connectivity index (χ0v) is 9.76. The van der Waals surface area contributed by atoms with E-state index in [1.165, 1.54) is 28.7 Å². The maximum absolute atomic E-state index is 12.4. The largest absolute Gasteiger partial charge is 0.416 e. The molecular weight excluding hydrogens is 336 g/mol. The van der Waals surface area contributed by atoms with Gasteiger partial charge in [0.15, 0.2) is 0 Å². The molecule has 16 heavy (non-hydrogen) atoms. The molecule has 1 amide bonds. The third-order valence-electron chi connectivity index (χ3n) is 1.78. The number of benzene rings is 1. The number of hydrogen-bond donors (Lipinski definition) is 1. The van der Waals surface area contributed by atoms with Crippen molar-refractivity contribution >= 4 is 28.5 Å². The summed E-state index contributed by atoms with van der Waals surface area (Å²) in [6, 6.07) is 2.92. The zero-order valence-electron chi connectivity index (χ0n) is 7.60. The number of carbonyl (C=O) groups is 1. The van der Waals surface area contributed by atoms with Gasteiger partial charge in [0.1, 0.15) is 6.07 Å². The van der Waals surface area contributed by atoms with Crippen LogP contribution in [0.1, 0.15) is 21.5 Å². The Morgan fingerprint density at radius 2 is 2.00 bits per heavy atom. The lowest BCUT2D eigenvalue weighted by atomic mass is 10.0. The Hall–Kier alpha value is -1.30. The first-order valence-corrected chi connectivity index (χ1v) is 4.96. The van der Waals surface area contributed by atoms with Gasteiger partial charge in [-0.3, -0.25) is 4.79 Å². The van der Waals surface area contributed by atoms with Crippen LogP contribution in [-0.4, -0.2) is 5.91 Å². The number of alkyl halides is 3. The van der Waals surface area contributed by atoms with Gasteiger partial charge in [-0.1, -0.05) is 0 Å². The Morgan fingerprint density at radius 3 is 2.38 bits per heavy atom. The van der Waals surface area contributed by atoms with Crippen molar-refractivity contribution in [1.82, 2.24) is 0 Å². The number of nitrogens with zero attached hydrogens (tertiary/aromatic N) is 1. The van der Waals surface area contributed by atoms with Crippen LogP contribution in [0.15, 0.2) is 12.1 Å². The fraction of sp³-hybridized carbons (Fsp3) is 0.111. The van der Waals surface area contributed by atoms with Crippen molar-refractivity contribution in [3.63, 3.8) is 0 Å². The van der Waals surface area contributed by atoms with E-state index in [-0.39, 0.29) is 14.7 Å². The predicted octanol–water partition coefficient (Wildman–Crippen LogP) is 2.28. The summed E-state index contributed by atoms with van der Waals surface area (Å²) in [4.78, 5) is 10.9. The molecule has 0 saturated carbocycles. The number of rotatable bonds is 1. The number of hydrogen-bond acceptors (Lipinski definition) is 2. The monoisotopic (exact) mass is 340 g/mol. The third kappa shape index (κ3) is 2.44. The maximum Gasteiger partial charge on any atom is 0.416 e. The van der Waals surface area contributed by atoms with Crippen LogP contribution in [0.25, 0.3) is 0 Å². The topological polar surface area (TPSA) is 66.9 Å². The summed E-state index contributed by atoms with van der Waals surface area (Å²) in [7, 11) is 0. The minimum atomic E-state index is -4.55. The molecule has 0 spiro atoms. The van der Waals surface area contributed by atoms with E-state index in [4.69, 9.17) is 11.0 Å². The molecule has 0 heterocycles. The molecule has 0 aliphatic carbocycles. The van der Waals surface area contributed by atoms with Gasteiger partial charge in [-0.25, -0.2) is 0 Å². The zero-order chi connectivity index (χ0) is 12.5. The van der Waals surface area contributed by atoms with Crippen LogP contribution in [0, 0.1) is 14.9 Å². The van der Waals surface area contributed by atoms with E-state index in [0.29, 0.717) is 6.07 Å². The van der Waals surface area contributed by atoms with Gasteiger partial charge >= 0.3 is 6.18 Å². The summed E-state index contributed by atoms with van der Waals surface area (Å²) in [5, 5.41) is 8.65. The Morgan fingerprint density at radius 1 is 1.44 bits per heavy atom. The summed E-state index contributed by atoms with van der Waals surface area (Å²) in [6.45, 7) is 0. The lowest BCUT2D eigenvalue weighted by Gasteiger charge is -2.10. The van der Waals surface area contributed by atoms with Crippen molar-refractivity contribution in [2.24, 2.45) is 5.73 Å². The number of halogens is 4. The quantitative estimate of drug-likeness (QED) is 0.797. The normalized spacial score (nSPS) is 10.9. The van der Waals surface area contributed by atoms with Crippen LogP contribution in [0.4, 0.5) is 13.2 Å². The first-order valence-electron chi connectivity index (χ1n) is 3.88. The van der Waals surface area contributed by atoms with E-state index in [2.05, 4.69) is 0 Å². The fourth-order valence-corrected chi connectivity index (χ4v) is 2.00. The van der Waals surface area contributed by atoms with Gasteiger partial charge in [0.25, 0.3) is 5.91 Å². The van der Waals surface area contributed by atoms with Crippen molar-refractivity contribution in [1.29, 1.82) is 5.26 Å². The van der Waals surface area contributed by atoms with Gasteiger partial charge in [-0.2, -0.15) is 18.4 Å². The minimum Gasteiger partial charge on any atom is -0.366 e. The smallest absolute Gasteiger partial charge is 0.366 e. The first kappa shape index (κ1) is 12.8. The summed E-state index contributed by atoms with van der Waals surface area (Å²) in [6.07, 6.45) is -4.55. The van der Waals surface area contributed by atoms with Crippen LogP contribution in [0.5, 0.6) is 0 Å². The molecule has 0 bridgehead atoms. The summed E-state index contributed by atoms with van der Waals surface area (Å²) < 4.78 is 37.2. The molecule has 2 N–H and O–H groups in total. The molecular formula is C9H4F3IN2O. The SMILES string of the molecule is N#Cc1cc(C(F)(F)F)cc(I)c1C(N)=O. The van der Waals surface area contributed by atoms with Crippen LogP contribution in [-0.2, 0) is 6.18 Å². The van der Waals surface area contributed by atoms with Gasteiger partial charge in [-0.05, 0) is 34.7 Å². The van der Waals surface area contributed by atoms with Crippen molar-refractivity contribution in [3.05, 3.63) is 32.4 Å². The number of carbonyl (C=O) groups excluding carboxylic acids is 1. The molecule has 84 valence electrons. The highest BCUT2D eigenvalue weighted by molar-refractivity contribution is 14.1. The van der Waals surface area contributed by atoms with E-state index >= 15 is 0 Å². The summed E-state index contributed by atoms with van der Waals surface area (Å²) in [5.74, 6) is -0.922. The molecule has 0 atom stereocenters. The fourth-order valence-electron chi connectivity index (χ4n) is 1.11. The summed E-state index contributed by atoms with van der Waals surface area (Å²) >= 11 is 1.54. The second-order valence-corrected chi connectivity index (χ2v) is 4.02. The van der Waals surface area contributed by atoms with Gasteiger partial charge in [0, 0.05) is 3.57 Å². The third-order valence-corrected chi connectivity index (χ3v) is 2.64. The molecule has 0 unspecified atom stereocenters. The number of primary amides is 1. The average Bonchev–Trinajstić information content (AvgIpc) is 2.14. The van der Waals surface area contributed by atoms with Crippen LogP contribution in [0.3, 0.4) is 0 Å². The Bertz CT molecular complexity index is 491. The lowest BCUT2D eigenvalue weighted by molar-refractivity contribution is -0.137. The molecule has 1 aromatic carbocycles. The standard InChI is InChI=1S/C9H4F3IN2O/c10-9(11,12)5-1-4(3-14)7(8(15)16)6(13)2-5/h1-2H,(H2,15,16). The molecule has 0 aliphatic heterocycles.